The van der Waals surface area contributed by atoms with Crippen LogP contribution in [0.2, 0.25) is 0 Å². The molecular formula is C17H18N2O2. The Kier molecular flexibility index (Phi) is 2.61. The number of likely N-dealkylation sites (tertiary alicyclic amines) is 1. The Morgan fingerprint density at radius 1 is 1.19 bits per heavy atom. The number of fused-ring (bicyclic) bond motifs is 1. The van der Waals surface area contributed by atoms with E-state index in [4.69, 9.17) is 4.74 Å². The molecule has 1 saturated heterocycles. The van der Waals surface area contributed by atoms with Gasteiger partial charge in [-0.2, -0.15) is 0 Å². The molecule has 1 aromatic heterocycles. The number of rotatable bonds is 1. The molecule has 2 aliphatic heterocycles. The van der Waals surface area contributed by atoms with E-state index >= 15 is 0 Å². The Morgan fingerprint density at radius 2 is 2.00 bits per heavy atom. The monoisotopic (exact) mass is 282 g/mol. The lowest BCUT2D eigenvalue weighted by Crippen LogP contribution is -2.63. The fourth-order valence-corrected chi connectivity index (χ4v) is 3.43. The van der Waals surface area contributed by atoms with Crippen molar-refractivity contribution in [3.05, 3.63) is 53.9 Å². The first kappa shape index (κ1) is 12.5. The maximum Gasteiger partial charge on any atom is 0.270 e. The summed E-state index contributed by atoms with van der Waals surface area (Å²) in [6, 6.07) is 12.0. The highest BCUT2D eigenvalue weighted by molar-refractivity contribution is 5.93. The van der Waals surface area contributed by atoms with Crippen molar-refractivity contribution >= 4 is 5.91 Å². The third kappa shape index (κ3) is 1.94. The molecule has 0 aliphatic carbocycles. The van der Waals surface area contributed by atoms with Crippen molar-refractivity contribution in [3.8, 4) is 5.75 Å². The second-order valence-electron chi connectivity index (χ2n) is 6.24. The van der Waals surface area contributed by atoms with Gasteiger partial charge >= 0.3 is 0 Å². The van der Waals surface area contributed by atoms with Crippen molar-refractivity contribution < 1.29 is 9.53 Å². The van der Waals surface area contributed by atoms with Crippen molar-refractivity contribution in [2.24, 2.45) is 12.5 Å². The lowest BCUT2D eigenvalue weighted by atomic mass is 9.74. The number of benzene rings is 1. The number of ether oxygens (including phenoxy) is 1. The highest BCUT2D eigenvalue weighted by Gasteiger charge is 2.48. The summed E-state index contributed by atoms with van der Waals surface area (Å²) in [5.41, 5.74) is 2.12. The summed E-state index contributed by atoms with van der Waals surface area (Å²) in [6.45, 7) is 2.28. The number of hydrogen-bond donors (Lipinski definition) is 0. The van der Waals surface area contributed by atoms with Crippen LogP contribution in [0.25, 0.3) is 0 Å². The van der Waals surface area contributed by atoms with Crippen molar-refractivity contribution in [3.63, 3.8) is 0 Å². The van der Waals surface area contributed by atoms with Crippen LogP contribution in [0.3, 0.4) is 0 Å². The van der Waals surface area contributed by atoms with E-state index in [-0.39, 0.29) is 11.3 Å². The van der Waals surface area contributed by atoms with Crippen LogP contribution >= 0.6 is 0 Å². The predicted molar refractivity (Wildman–Crippen MR) is 79.4 cm³/mol. The number of nitrogens with zero attached hydrogens (tertiary/aromatic N) is 2. The van der Waals surface area contributed by atoms with Gasteiger partial charge in [-0.1, -0.05) is 18.2 Å². The molecule has 0 atom stereocenters. The Bertz CT molecular complexity index is 698. The Labute approximate surface area is 123 Å². The second-order valence-corrected chi connectivity index (χ2v) is 6.24. The van der Waals surface area contributed by atoms with Gasteiger partial charge in [-0.05, 0) is 30.2 Å². The van der Waals surface area contributed by atoms with E-state index in [9.17, 15) is 4.79 Å². The van der Waals surface area contributed by atoms with Gasteiger partial charge in [0.1, 0.15) is 11.4 Å². The van der Waals surface area contributed by atoms with E-state index < -0.39 is 0 Å². The van der Waals surface area contributed by atoms with Crippen molar-refractivity contribution in [1.29, 1.82) is 0 Å². The fraction of sp³-hybridized carbons (Fsp3) is 0.353. The Balaban J connectivity index is 1.48. The smallest absolute Gasteiger partial charge is 0.270 e. The predicted octanol–water partition coefficient (Wildman–Crippen LogP) is 2.10. The van der Waals surface area contributed by atoms with Crippen LogP contribution in [0.1, 0.15) is 16.1 Å². The first-order chi connectivity index (χ1) is 10.2. The normalized spacial score (nSPS) is 18.8. The van der Waals surface area contributed by atoms with E-state index in [1.165, 1.54) is 5.56 Å². The lowest BCUT2D eigenvalue weighted by molar-refractivity contribution is -0.0295. The van der Waals surface area contributed by atoms with E-state index in [1.807, 2.05) is 53.0 Å². The number of para-hydroxylation sites is 1. The van der Waals surface area contributed by atoms with Gasteiger partial charge in [-0.3, -0.25) is 4.79 Å². The van der Waals surface area contributed by atoms with Crippen LogP contribution in [0.4, 0.5) is 0 Å². The molecule has 0 radical (unpaired) electrons. The summed E-state index contributed by atoms with van der Waals surface area (Å²) in [4.78, 5) is 14.4. The topological polar surface area (TPSA) is 34.5 Å². The molecular weight excluding hydrogens is 264 g/mol. The van der Waals surface area contributed by atoms with Gasteiger partial charge in [-0.25, -0.2) is 0 Å². The van der Waals surface area contributed by atoms with Gasteiger partial charge in [0.2, 0.25) is 0 Å². The van der Waals surface area contributed by atoms with Crippen molar-refractivity contribution in [1.82, 2.24) is 9.47 Å². The molecule has 4 nitrogen and oxygen atoms in total. The van der Waals surface area contributed by atoms with Crippen LogP contribution in [-0.4, -0.2) is 35.1 Å². The zero-order chi connectivity index (χ0) is 14.4. The molecule has 2 aliphatic rings. The van der Waals surface area contributed by atoms with E-state index in [2.05, 4.69) is 6.07 Å². The van der Waals surface area contributed by atoms with Crippen molar-refractivity contribution in [2.45, 2.75) is 6.42 Å². The molecule has 108 valence electrons. The van der Waals surface area contributed by atoms with Gasteiger partial charge < -0.3 is 14.2 Å². The Morgan fingerprint density at radius 3 is 2.76 bits per heavy atom. The van der Waals surface area contributed by atoms with E-state index in [1.54, 1.807) is 0 Å². The molecule has 2 aromatic rings. The van der Waals surface area contributed by atoms with Crippen molar-refractivity contribution in [2.75, 3.05) is 19.7 Å². The van der Waals surface area contributed by atoms with Crippen LogP contribution in [0, 0.1) is 5.41 Å². The SMILES string of the molecule is Cn1cccc1C(=O)N1CC2(COc3ccccc3C2)C1. The van der Waals surface area contributed by atoms with Crippen LogP contribution in [-0.2, 0) is 13.5 Å². The maximum absolute atomic E-state index is 12.4. The summed E-state index contributed by atoms with van der Waals surface area (Å²) in [7, 11) is 1.91. The largest absolute Gasteiger partial charge is 0.493 e. The molecule has 1 amide bonds. The summed E-state index contributed by atoms with van der Waals surface area (Å²) in [6.07, 6.45) is 2.91. The van der Waals surface area contributed by atoms with Gasteiger partial charge in [-0.15, -0.1) is 0 Å². The van der Waals surface area contributed by atoms with Gasteiger partial charge in [0.05, 0.1) is 6.61 Å². The molecule has 3 heterocycles. The van der Waals surface area contributed by atoms with Gasteiger partial charge in [0, 0.05) is 31.7 Å². The second kappa shape index (κ2) is 4.38. The number of carbonyl (C=O) groups excluding carboxylic acids is 1. The van der Waals surface area contributed by atoms with Crippen LogP contribution in [0.5, 0.6) is 5.75 Å². The summed E-state index contributed by atoms with van der Waals surface area (Å²) >= 11 is 0. The minimum Gasteiger partial charge on any atom is -0.493 e. The molecule has 0 unspecified atom stereocenters. The van der Waals surface area contributed by atoms with Crippen LogP contribution < -0.4 is 4.74 Å². The number of aryl methyl sites for hydroxylation is 1. The van der Waals surface area contributed by atoms with E-state index in [0.29, 0.717) is 6.61 Å². The van der Waals surface area contributed by atoms with Gasteiger partial charge in [0.25, 0.3) is 5.91 Å². The zero-order valence-electron chi connectivity index (χ0n) is 12.1. The first-order valence-electron chi connectivity index (χ1n) is 7.28. The number of carbonyl (C=O) groups is 1. The minimum absolute atomic E-state index is 0.106. The third-order valence-electron chi connectivity index (χ3n) is 4.57. The van der Waals surface area contributed by atoms with E-state index in [0.717, 1.165) is 31.0 Å². The summed E-state index contributed by atoms with van der Waals surface area (Å²) in [5.74, 6) is 1.11. The number of amides is 1. The highest BCUT2D eigenvalue weighted by Crippen LogP contribution is 2.41. The average Bonchev–Trinajstić information content (AvgIpc) is 2.89. The molecule has 4 heteroatoms. The number of hydrogen-bond acceptors (Lipinski definition) is 2. The quantitative estimate of drug-likeness (QED) is 0.803. The third-order valence-corrected chi connectivity index (χ3v) is 4.57. The molecule has 1 fully saturated rings. The standard InChI is InChI=1S/C17H18N2O2/c1-18-8-4-6-14(18)16(20)19-10-17(11-19)9-13-5-2-3-7-15(13)21-12-17/h2-8H,9-12H2,1H3. The molecule has 0 bridgehead atoms. The molecule has 0 N–H and O–H groups in total. The fourth-order valence-electron chi connectivity index (χ4n) is 3.43. The average molecular weight is 282 g/mol. The zero-order valence-corrected chi connectivity index (χ0v) is 12.1. The molecule has 4 rings (SSSR count). The summed E-state index contributed by atoms with van der Waals surface area (Å²) in [5, 5.41) is 0. The minimum atomic E-state index is 0.106. The van der Waals surface area contributed by atoms with Crippen LogP contribution in [0.15, 0.2) is 42.6 Å². The first-order valence-corrected chi connectivity index (χ1v) is 7.28. The number of aromatic nitrogens is 1. The maximum atomic E-state index is 12.4. The Hall–Kier alpha value is -2.23. The molecule has 21 heavy (non-hydrogen) atoms. The lowest BCUT2D eigenvalue weighted by Gasteiger charge is -2.51. The molecule has 0 saturated carbocycles. The summed E-state index contributed by atoms with van der Waals surface area (Å²) < 4.78 is 7.76. The highest BCUT2D eigenvalue weighted by atomic mass is 16.5. The van der Waals surface area contributed by atoms with Gasteiger partial charge in [0.15, 0.2) is 0 Å². The molecule has 1 aromatic carbocycles. The molecule has 1 spiro atoms.